The fourth-order valence-corrected chi connectivity index (χ4v) is 2.72. The van der Waals surface area contributed by atoms with Crippen LogP contribution in [0.2, 0.25) is 0 Å². The molecule has 2 heterocycles. The Morgan fingerprint density at radius 2 is 2.00 bits per heavy atom. The smallest absolute Gasteiger partial charge is 0.430 e. The van der Waals surface area contributed by atoms with Gasteiger partial charge in [0.15, 0.2) is 0 Å². The second kappa shape index (κ2) is 7.16. The third-order valence-corrected chi connectivity index (χ3v) is 4.37. The lowest BCUT2D eigenvalue weighted by atomic mass is 10.2. The van der Waals surface area contributed by atoms with E-state index >= 15 is 0 Å². The molecule has 148 valence electrons. The van der Waals surface area contributed by atoms with Gasteiger partial charge in [0.25, 0.3) is 15.7 Å². The van der Waals surface area contributed by atoms with Crippen molar-refractivity contribution in [3.8, 4) is 0 Å². The zero-order valence-electron chi connectivity index (χ0n) is 15.6. The minimum absolute atomic E-state index is 0.0960. The van der Waals surface area contributed by atoms with Gasteiger partial charge < -0.3 is 9.26 Å². The summed E-state index contributed by atoms with van der Waals surface area (Å²) in [5.74, 6) is 0.462. The quantitative estimate of drug-likeness (QED) is 0.769. The fraction of sp³-hybridized carbons (Fsp3) is 0.438. The van der Waals surface area contributed by atoms with Crippen molar-refractivity contribution in [3.63, 3.8) is 0 Å². The Kier molecular flexibility index (Phi) is 5.47. The van der Waals surface area contributed by atoms with E-state index in [1.807, 2.05) is 0 Å². The standard InChI is InChI=1S/C16H21N3O7S/c1-10-13(11(2)26-17-10)9-19(15(21)25-16(3,4)5)18-7-6-12(8-14(18)20)27(22,23)24/h6-8H,9H2,1-5H3,(H,22,23,24). The van der Waals surface area contributed by atoms with Crippen LogP contribution in [0.4, 0.5) is 4.79 Å². The van der Waals surface area contributed by atoms with Gasteiger partial charge in [0.05, 0.1) is 12.2 Å². The van der Waals surface area contributed by atoms with E-state index < -0.39 is 32.3 Å². The molecule has 1 amide bonds. The monoisotopic (exact) mass is 399 g/mol. The van der Waals surface area contributed by atoms with Crippen LogP contribution in [-0.2, 0) is 21.4 Å². The first kappa shape index (κ1) is 20.6. The first-order valence-electron chi connectivity index (χ1n) is 7.92. The fourth-order valence-electron chi connectivity index (χ4n) is 2.23. The number of carbonyl (C=O) groups excluding carboxylic acids is 1. The molecule has 0 aliphatic carbocycles. The van der Waals surface area contributed by atoms with E-state index in [1.54, 1.807) is 34.6 Å². The van der Waals surface area contributed by atoms with Gasteiger partial charge in [-0.15, -0.1) is 0 Å². The van der Waals surface area contributed by atoms with Crippen LogP contribution < -0.4 is 10.6 Å². The van der Waals surface area contributed by atoms with Crippen LogP contribution in [0.1, 0.15) is 37.8 Å². The summed E-state index contributed by atoms with van der Waals surface area (Å²) >= 11 is 0. The topological polar surface area (TPSA) is 132 Å². The van der Waals surface area contributed by atoms with Gasteiger partial charge in [-0.3, -0.25) is 9.35 Å². The molecular formula is C16H21N3O7S. The lowest BCUT2D eigenvalue weighted by Crippen LogP contribution is -2.48. The van der Waals surface area contributed by atoms with Gasteiger partial charge >= 0.3 is 6.09 Å². The maximum atomic E-state index is 12.7. The largest absolute Gasteiger partial charge is 0.442 e. The van der Waals surface area contributed by atoms with Gasteiger partial charge in [-0.05, 0) is 40.7 Å². The van der Waals surface area contributed by atoms with Gasteiger partial charge in [-0.2, -0.15) is 8.42 Å². The maximum absolute atomic E-state index is 12.7. The number of hydrogen-bond donors (Lipinski definition) is 1. The highest BCUT2D eigenvalue weighted by atomic mass is 32.2. The van der Waals surface area contributed by atoms with E-state index in [9.17, 15) is 18.0 Å². The summed E-state index contributed by atoms with van der Waals surface area (Å²) in [6, 6.07) is 1.71. The summed E-state index contributed by atoms with van der Waals surface area (Å²) < 4.78 is 42.8. The summed E-state index contributed by atoms with van der Waals surface area (Å²) in [5, 5.41) is 4.81. The molecule has 0 saturated carbocycles. The molecule has 2 rings (SSSR count). The highest BCUT2D eigenvalue weighted by Crippen LogP contribution is 2.17. The predicted octanol–water partition coefficient (Wildman–Crippen LogP) is 1.77. The molecule has 2 aromatic heterocycles. The van der Waals surface area contributed by atoms with Crippen LogP contribution in [0.3, 0.4) is 0 Å². The van der Waals surface area contributed by atoms with Gasteiger partial charge in [0.2, 0.25) is 0 Å². The molecule has 1 N–H and O–H groups in total. The van der Waals surface area contributed by atoms with Crippen molar-refractivity contribution in [3.05, 3.63) is 45.7 Å². The third kappa shape index (κ3) is 4.95. The van der Waals surface area contributed by atoms with Crippen LogP contribution in [-0.4, -0.2) is 34.5 Å². The second-order valence-corrected chi connectivity index (χ2v) is 8.28. The van der Waals surface area contributed by atoms with Crippen LogP contribution in [0.5, 0.6) is 0 Å². The molecule has 11 heteroatoms. The van der Waals surface area contributed by atoms with Crippen molar-refractivity contribution >= 4 is 16.2 Å². The van der Waals surface area contributed by atoms with E-state index in [2.05, 4.69) is 5.16 Å². The molecule has 10 nitrogen and oxygen atoms in total. The van der Waals surface area contributed by atoms with E-state index in [0.717, 1.165) is 21.9 Å². The number of rotatable bonds is 4. The second-order valence-electron chi connectivity index (χ2n) is 6.86. The average Bonchev–Trinajstić information content (AvgIpc) is 2.81. The SMILES string of the molecule is Cc1noc(C)c1CN(C(=O)OC(C)(C)C)n1ccc(S(=O)(=O)O)cc1=O. The number of ether oxygens (including phenoxy) is 1. The van der Waals surface area contributed by atoms with Crippen molar-refractivity contribution in [2.75, 3.05) is 5.01 Å². The number of aryl methyl sites for hydroxylation is 2. The Bertz CT molecular complexity index is 996. The van der Waals surface area contributed by atoms with Gasteiger partial charge in [0.1, 0.15) is 16.3 Å². The number of hydrogen-bond acceptors (Lipinski definition) is 7. The van der Waals surface area contributed by atoms with Crippen molar-refractivity contribution in [2.24, 2.45) is 0 Å². The normalized spacial score (nSPS) is 12.1. The average molecular weight is 399 g/mol. The Morgan fingerprint density at radius 3 is 2.44 bits per heavy atom. The summed E-state index contributed by atoms with van der Waals surface area (Å²) in [4.78, 5) is 24.5. The molecule has 0 atom stereocenters. The van der Waals surface area contributed by atoms with Crippen LogP contribution in [0.25, 0.3) is 0 Å². The Hall–Kier alpha value is -2.66. The molecular weight excluding hydrogens is 378 g/mol. The molecule has 0 spiro atoms. The van der Waals surface area contributed by atoms with Crippen molar-refractivity contribution in [1.29, 1.82) is 0 Å². The van der Waals surface area contributed by atoms with E-state index in [4.69, 9.17) is 13.8 Å². The Morgan fingerprint density at radius 1 is 1.37 bits per heavy atom. The first-order chi connectivity index (χ1) is 12.3. The molecule has 0 bridgehead atoms. The summed E-state index contributed by atoms with van der Waals surface area (Å²) in [5.41, 5.74) is -0.565. The predicted molar refractivity (Wildman–Crippen MR) is 94.6 cm³/mol. The van der Waals surface area contributed by atoms with E-state index in [-0.39, 0.29) is 6.54 Å². The minimum Gasteiger partial charge on any atom is -0.442 e. The molecule has 0 saturated heterocycles. The van der Waals surface area contributed by atoms with E-state index in [0.29, 0.717) is 23.1 Å². The number of nitrogens with zero attached hydrogens (tertiary/aromatic N) is 3. The molecule has 0 fully saturated rings. The lowest BCUT2D eigenvalue weighted by Gasteiger charge is -2.28. The van der Waals surface area contributed by atoms with Crippen LogP contribution in [0, 0.1) is 13.8 Å². The van der Waals surface area contributed by atoms with Gasteiger partial charge in [-0.1, -0.05) is 5.16 Å². The summed E-state index contributed by atoms with van der Waals surface area (Å²) in [7, 11) is -4.55. The van der Waals surface area contributed by atoms with Crippen molar-refractivity contribution in [2.45, 2.75) is 51.7 Å². The van der Waals surface area contributed by atoms with Crippen molar-refractivity contribution in [1.82, 2.24) is 9.83 Å². The van der Waals surface area contributed by atoms with Crippen LogP contribution >= 0.6 is 0 Å². The maximum Gasteiger partial charge on any atom is 0.430 e. The number of amides is 1. The molecule has 0 aliphatic rings. The van der Waals surface area contributed by atoms with Crippen molar-refractivity contribution < 1.29 is 27.0 Å². The number of carbonyl (C=O) groups is 1. The molecule has 0 radical (unpaired) electrons. The van der Waals surface area contributed by atoms with Gasteiger partial charge in [-0.25, -0.2) is 14.5 Å². The zero-order valence-corrected chi connectivity index (χ0v) is 16.4. The highest BCUT2D eigenvalue weighted by Gasteiger charge is 2.27. The molecule has 0 unspecified atom stereocenters. The number of aromatic nitrogens is 2. The molecule has 2 aromatic rings. The Balaban J connectivity index is 2.52. The molecule has 0 aliphatic heterocycles. The van der Waals surface area contributed by atoms with E-state index in [1.165, 1.54) is 0 Å². The summed E-state index contributed by atoms with van der Waals surface area (Å²) in [6.07, 6.45) is 0.234. The van der Waals surface area contributed by atoms with Crippen LogP contribution in [0.15, 0.2) is 32.5 Å². The molecule has 27 heavy (non-hydrogen) atoms. The summed E-state index contributed by atoms with van der Waals surface area (Å²) in [6.45, 7) is 8.26. The first-order valence-corrected chi connectivity index (χ1v) is 9.36. The minimum atomic E-state index is -4.55. The molecule has 0 aromatic carbocycles. The zero-order chi connectivity index (χ0) is 20.6. The lowest BCUT2D eigenvalue weighted by molar-refractivity contribution is 0.0532. The highest BCUT2D eigenvalue weighted by molar-refractivity contribution is 7.85. The number of pyridine rings is 1. The third-order valence-electron chi connectivity index (χ3n) is 3.52. The Labute approximate surface area is 156 Å². The van der Waals surface area contributed by atoms with Gasteiger partial charge in [0, 0.05) is 17.8 Å².